The minimum Gasteiger partial charge on any atom is -0.394 e. The number of ether oxygens (including phenoxy) is 1. The highest BCUT2D eigenvalue weighted by Crippen LogP contribution is 2.63. The lowest BCUT2D eigenvalue weighted by molar-refractivity contribution is -0.124. The minimum absolute atomic E-state index is 0.0114. The van der Waals surface area contributed by atoms with Crippen LogP contribution >= 0.6 is 7.82 Å². The lowest BCUT2D eigenvalue weighted by Crippen LogP contribution is -2.56. The van der Waals surface area contributed by atoms with Crippen molar-refractivity contribution in [2.45, 2.75) is 189 Å². The highest BCUT2D eigenvalue weighted by molar-refractivity contribution is 7.47. The molecule has 27 nitrogen and oxygen atoms in total. The fourth-order valence-electron chi connectivity index (χ4n) is 15.4. The Labute approximate surface area is 523 Å². The maximum absolute atomic E-state index is 14.4. The summed E-state index contributed by atoms with van der Waals surface area (Å²) in [5.74, 6) is -7.18. The van der Waals surface area contributed by atoms with Gasteiger partial charge in [-0.2, -0.15) is 0 Å². The smallest absolute Gasteiger partial charge is 0.394 e. The molecule has 6 aliphatic heterocycles. The summed E-state index contributed by atoms with van der Waals surface area (Å²) >= 11 is 0. The van der Waals surface area contributed by atoms with Gasteiger partial charge < -0.3 is 69.4 Å². The standard InChI is InChI=1S/C62H90N13O14P/c1-29-20-39-40(21-30(29)2)75(28-70-39)57-52(84)53(41(27-76)87-57)89-90(85,86)88-31(3)26-69-49(83)18-19-59(8)37(22-46(66)80)56-62(11)61(10,25-48(68)82)36(14-17-45(65)79)51(74-62)33(5)55-60(9,24-47(67)81)34(12-15-43(63)77)38(71-55)23-42-58(6,7)35(13-16-44(64)78)50(72-42)32(4)54(59)73-56/h20-21,23,28,31,34-37,41,52-53,56-57,71,76,84H,12-19,22,24-27H2,1-11H3,(H2,63,77)(H2,64,78)(H2,65,79)(H2,66,80)(H2,67,81)(H2,68,82)(H,69,83)(H,85,86)/b38-23-,50-32-,55-33-/t31-,34-,35-,36-,37?,41-,52-,53-,56?,57+,59-,60+,61+,62+/m1/s1. The lowest BCUT2D eigenvalue weighted by atomic mass is 9.55. The second-order valence-corrected chi connectivity index (χ2v) is 28.4. The summed E-state index contributed by atoms with van der Waals surface area (Å²) in [6.45, 7) is 19.3. The van der Waals surface area contributed by atoms with Gasteiger partial charge in [0.25, 0.3) is 0 Å². The lowest BCUT2D eigenvalue weighted by Gasteiger charge is -2.48. The van der Waals surface area contributed by atoms with Gasteiger partial charge in [-0.1, -0.05) is 34.6 Å². The molecule has 0 spiro atoms. The average molecular weight is 1270 g/mol. The zero-order valence-electron chi connectivity index (χ0n) is 53.3. The summed E-state index contributed by atoms with van der Waals surface area (Å²) in [6.07, 6.45) is -4.26. The Morgan fingerprint density at radius 2 is 1.40 bits per heavy atom. The first-order valence-corrected chi connectivity index (χ1v) is 32.1. The molecule has 2 fully saturated rings. The Morgan fingerprint density at radius 1 is 0.800 bits per heavy atom. The molecule has 1 aromatic carbocycles. The first kappa shape index (κ1) is 68.9. The molecule has 0 radical (unpaired) electrons. The molecule has 2 saturated heterocycles. The van der Waals surface area contributed by atoms with Gasteiger partial charge in [-0.15, -0.1) is 0 Å². The SMILES string of the molecule is C/C1=C2N=C(/C=C3\N/C(=C(/C)C4=N[C@@](C)(C5N=C1[C@](C)(CCC(=O)NC[C@@H](C)OP(=O)(O)O[C@H]1[C@@H](O)[C@@H](n6cnc7cc(C)c(C)cc76)O[C@@H]1CO)C5CC(N)=O)[C@@](C)(CC(N)=O)[C@@H]4CCC(N)=O)[C@@](C)(CC(N)=O)[C@@H]3CCC(N)=O)C(C)(C)[C@@H]/2CCC(N)=O. The van der Waals surface area contributed by atoms with Crippen molar-refractivity contribution in [3.63, 3.8) is 0 Å². The van der Waals surface area contributed by atoms with Gasteiger partial charge in [-0.25, -0.2) is 9.55 Å². The summed E-state index contributed by atoms with van der Waals surface area (Å²) in [7, 11) is -5.07. The summed E-state index contributed by atoms with van der Waals surface area (Å²) in [6, 6.07) is 2.70. The molecule has 2 aromatic rings. The van der Waals surface area contributed by atoms with Gasteiger partial charge in [-0.05, 0) is 108 Å². The molecular weight excluding hydrogens is 1180 g/mol. The molecule has 0 aliphatic carbocycles. The number of aliphatic hydroxyl groups excluding tert-OH is 2. The van der Waals surface area contributed by atoms with Crippen molar-refractivity contribution >= 4 is 77.3 Å². The molecule has 7 heterocycles. The fraction of sp³-hybridized carbons (Fsp3) is 0.629. The number of nitrogens with one attached hydrogen (secondary N) is 2. The van der Waals surface area contributed by atoms with E-state index in [-0.39, 0.29) is 77.2 Å². The molecule has 8 rings (SSSR count). The molecule has 7 amide bonds. The topological polar surface area (TPSA) is 460 Å². The van der Waals surface area contributed by atoms with Crippen LogP contribution < -0.4 is 45.0 Å². The molecule has 28 heteroatoms. The third-order valence-corrected chi connectivity index (χ3v) is 21.7. The van der Waals surface area contributed by atoms with E-state index in [1.54, 1.807) is 4.57 Å². The summed E-state index contributed by atoms with van der Waals surface area (Å²) in [4.78, 5) is 126. The van der Waals surface area contributed by atoms with Crippen LogP contribution in [0, 0.1) is 59.2 Å². The number of aliphatic imine (C=N–C) groups is 3. The van der Waals surface area contributed by atoms with Crippen LogP contribution in [0.25, 0.3) is 11.0 Å². The van der Waals surface area contributed by atoms with Crippen molar-refractivity contribution in [2.75, 3.05) is 13.2 Å². The highest BCUT2D eigenvalue weighted by atomic mass is 31.2. The number of imidazole rings is 1. The third kappa shape index (κ3) is 13.0. The second kappa shape index (κ2) is 25.6. The number of aliphatic hydroxyl groups is 2. The van der Waals surface area contributed by atoms with E-state index < -0.39 is 143 Å². The van der Waals surface area contributed by atoms with E-state index in [0.717, 1.165) is 11.1 Å². The summed E-state index contributed by atoms with van der Waals surface area (Å²) < 4.78 is 32.3. The van der Waals surface area contributed by atoms with Gasteiger partial charge in [0.2, 0.25) is 41.4 Å². The number of aryl methyl sites for hydroxylation is 2. The van der Waals surface area contributed by atoms with Gasteiger partial charge in [0.15, 0.2) is 6.23 Å². The molecule has 3 unspecified atom stereocenters. The van der Waals surface area contributed by atoms with Crippen LogP contribution in [0.1, 0.15) is 150 Å². The van der Waals surface area contributed by atoms with E-state index in [1.165, 1.54) is 13.3 Å². The molecule has 17 N–H and O–H groups in total. The number of phosphoric ester groups is 1. The van der Waals surface area contributed by atoms with Crippen molar-refractivity contribution < 1.29 is 67.0 Å². The maximum atomic E-state index is 14.4. The Hall–Kier alpha value is -7.00. The number of carbonyl (C=O) groups is 7. The van der Waals surface area contributed by atoms with Crippen molar-refractivity contribution in [3.8, 4) is 0 Å². The minimum atomic E-state index is -5.07. The highest BCUT2D eigenvalue weighted by Gasteiger charge is 2.66. The number of nitrogens with zero attached hydrogens (tertiary/aromatic N) is 5. The number of phosphoric acid groups is 1. The number of allylic oxidation sites excluding steroid dienone is 6. The summed E-state index contributed by atoms with van der Waals surface area (Å²) in [5.41, 5.74) is 37.4. The van der Waals surface area contributed by atoms with Crippen molar-refractivity contribution in [1.29, 1.82) is 0 Å². The van der Waals surface area contributed by atoms with Crippen LogP contribution in [0.3, 0.4) is 0 Å². The van der Waals surface area contributed by atoms with Gasteiger partial charge in [0.05, 0.1) is 41.7 Å². The van der Waals surface area contributed by atoms with Crippen LogP contribution in [0.4, 0.5) is 0 Å². The largest absolute Gasteiger partial charge is 0.472 e. The molecule has 0 saturated carbocycles. The van der Waals surface area contributed by atoms with Gasteiger partial charge >= 0.3 is 7.82 Å². The van der Waals surface area contributed by atoms with E-state index in [0.29, 0.717) is 56.4 Å². The number of rotatable bonds is 26. The summed E-state index contributed by atoms with van der Waals surface area (Å²) in [5, 5.41) is 28.2. The third-order valence-electron chi connectivity index (χ3n) is 20.6. The molecule has 492 valence electrons. The Balaban J connectivity index is 1.19. The zero-order chi connectivity index (χ0) is 66.7. The van der Waals surface area contributed by atoms with Crippen molar-refractivity contribution in [1.82, 2.24) is 20.2 Å². The number of carbonyl (C=O) groups excluding carboxylic acids is 7. The zero-order valence-corrected chi connectivity index (χ0v) is 54.1. The average Bonchev–Trinajstić information content (AvgIpc) is 1.53. The van der Waals surface area contributed by atoms with Crippen LogP contribution in [0.2, 0.25) is 0 Å². The predicted octanol–water partition coefficient (Wildman–Crippen LogP) is 3.16. The first-order valence-electron chi connectivity index (χ1n) is 30.6. The van der Waals surface area contributed by atoms with Crippen molar-refractivity contribution in [3.05, 3.63) is 63.9 Å². The van der Waals surface area contributed by atoms with E-state index in [1.807, 2.05) is 87.4 Å². The van der Waals surface area contributed by atoms with Gasteiger partial charge in [-0.3, -0.25) is 57.6 Å². The molecule has 8 bridgehead atoms. The number of aromatic nitrogens is 2. The van der Waals surface area contributed by atoms with E-state index >= 15 is 0 Å². The van der Waals surface area contributed by atoms with Crippen LogP contribution in [-0.4, -0.2) is 132 Å². The number of primary amides is 6. The van der Waals surface area contributed by atoms with Gasteiger partial charge in [0.1, 0.15) is 18.3 Å². The maximum Gasteiger partial charge on any atom is 0.472 e. The Morgan fingerprint density at radius 3 is 1.99 bits per heavy atom. The molecule has 1 aromatic heterocycles. The second-order valence-electron chi connectivity index (χ2n) is 27.1. The van der Waals surface area contributed by atoms with Crippen LogP contribution in [0.15, 0.2) is 67.8 Å². The Bertz CT molecular complexity index is 3540. The number of benzene rings is 1. The van der Waals surface area contributed by atoms with Gasteiger partial charge in [0, 0.05) is 131 Å². The predicted molar refractivity (Wildman–Crippen MR) is 334 cm³/mol. The monoisotopic (exact) mass is 1270 g/mol. The van der Waals surface area contributed by atoms with E-state index in [2.05, 4.69) is 15.6 Å². The number of hydrogen-bond donors (Lipinski definition) is 11. The Kier molecular flexibility index (Phi) is 19.6. The molecule has 15 atom stereocenters. The van der Waals surface area contributed by atoms with E-state index in [9.17, 15) is 53.2 Å². The number of fused-ring (bicyclic) bond motifs is 7. The van der Waals surface area contributed by atoms with Crippen molar-refractivity contribution in [2.24, 2.45) is 94.7 Å². The molecule has 6 aliphatic rings. The number of hydrogen-bond acceptors (Lipinski definition) is 18. The normalized spacial score (nSPS) is 34.2. The number of amides is 7. The number of nitrogens with two attached hydrogens (primary N) is 6. The molecule has 90 heavy (non-hydrogen) atoms. The fourth-order valence-corrected chi connectivity index (χ4v) is 16.6. The van der Waals surface area contributed by atoms with Crippen LogP contribution in [-0.2, 0) is 51.9 Å². The van der Waals surface area contributed by atoms with E-state index in [4.69, 9.17) is 63.2 Å². The first-order chi connectivity index (χ1) is 41.8. The van der Waals surface area contributed by atoms with Crippen LogP contribution in [0.5, 0.6) is 0 Å². The molecular formula is C62H90N13O14P. The quantitative estimate of drug-likeness (QED) is 0.0603.